The van der Waals surface area contributed by atoms with Crippen molar-refractivity contribution in [3.63, 3.8) is 0 Å². The quantitative estimate of drug-likeness (QED) is 0.236. The third-order valence-corrected chi connectivity index (χ3v) is 6.62. The average molecular weight is 437 g/mol. The fourth-order valence-electron chi connectivity index (χ4n) is 2.67. The molecule has 0 unspecified atom stereocenters. The second-order valence-corrected chi connectivity index (χ2v) is 9.02. The van der Waals surface area contributed by atoms with Gasteiger partial charge in [0.1, 0.15) is 17.5 Å². The summed E-state index contributed by atoms with van der Waals surface area (Å²) in [6, 6.07) is 10.5. The van der Waals surface area contributed by atoms with Gasteiger partial charge in [-0.25, -0.2) is 8.42 Å². The van der Waals surface area contributed by atoms with Gasteiger partial charge in [-0.1, -0.05) is 23.9 Å². The van der Waals surface area contributed by atoms with Crippen molar-refractivity contribution in [2.24, 2.45) is 16.5 Å². The number of rotatable bonds is 8. The van der Waals surface area contributed by atoms with Gasteiger partial charge in [0.15, 0.2) is 5.96 Å². The van der Waals surface area contributed by atoms with Crippen LogP contribution in [0, 0.1) is 0 Å². The van der Waals surface area contributed by atoms with Gasteiger partial charge < -0.3 is 21.3 Å². The van der Waals surface area contributed by atoms with Crippen molar-refractivity contribution in [3.8, 4) is 11.5 Å². The molecule has 11 heteroatoms. The topological polar surface area (TPSA) is 157 Å². The van der Waals surface area contributed by atoms with Gasteiger partial charge in [-0.2, -0.15) is 4.72 Å². The molecule has 9 nitrogen and oxygen atoms in total. The summed E-state index contributed by atoms with van der Waals surface area (Å²) in [5.41, 5.74) is 10.4. The first kappa shape index (κ1) is 21.0. The van der Waals surface area contributed by atoms with E-state index in [4.69, 9.17) is 16.2 Å². The van der Waals surface area contributed by atoms with Gasteiger partial charge in [0.05, 0.1) is 14.7 Å². The van der Waals surface area contributed by atoms with E-state index in [2.05, 4.69) is 9.71 Å². The van der Waals surface area contributed by atoms with E-state index in [0.717, 1.165) is 4.90 Å². The van der Waals surface area contributed by atoms with Gasteiger partial charge >= 0.3 is 5.97 Å². The van der Waals surface area contributed by atoms with E-state index in [1.54, 1.807) is 6.07 Å². The molecule has 29 heavy (non-hydrogen) atoms. The number of nitrogens with one attached hydrogen (secondary N) is 1. The highest BCUT2D eigenvalue weighted by atomic mass is 32.2. The molecule has 0 amide bonds. The first-order chi connectivity index (χ1) is 13.8. The monoisotopic (exact) mass is 436 g/mol. The van der Waals surface area contributed by atoms with Crippen LogP contribution in [0.4, 0.5) is 0 Å². The van der Waals surface area contributed by atoms with Crippen LogP contribution < -0.4 is 20.9 Å². The van der Waals surface area contributed by atoms with Crippen molar-refractivity contribution in [3.05, 3.63) is 42.5 Å². The van der Waals surface area contributed by atoms with Crippen LogP contribution in [0.3, 0.4) is 0 Å². The Morgan fingerprint density at radius 2 is 1.90 bits per heavy atom. The second-order valence-electron chi connectivity index (χ2n) is 6.22. The first-order valence-electron chi connectivity index (χ1n) is 8.65. The zero-order valence-corrected chi connectivity index (χ0v) is 16.9. The minimum Gasteiger partial charge on any atom is -0.480 e. The van der Waals surface area contributed by atoms with Crippen LogP contribution in [-0.4, -0.2) is 38.0 Å². The smallest absolute Gasteiger partial charge is 0.321 e. The summed E-state index contributed by atoms with van der Waals surface area (Å²) in [5, 5.41) is 9.36. The lowest BCUT2D eigenvalue weighted by atomic mass is 10.2. The molecule has 2 aromatic carbocycles. The van der Waals surface area contributed by atoms with Crippen LogP contribution in [0.25, 0.3) is 0 Å². The molecule has 6 N–H and O–H groups in total. The number of aliphatic carboxylic acids is 1. The lowest BCUT2D eigenvalue weighted by Crippen LogP contribution is -2.40. The zero-order chi connectivity index (χ0) is 21.0. The van der Waals surface area contributed by atoms with Crippen molar-refractivity contribution in [2.45, 2.75) is 33.6 Å². The van der Waals surface area contributed by atoms with E-state index in [1.807, 2.05) is 24.3 Å². The molecule has 3 rings (SSSR count). The molecule has 2 aromatic rings. The summed E-state index contributed by atoms with van der Waals surface area (Å²) in [5.74, 6) is -0.138. The van der Waals surface area contributed by atoms with Crippen LogP contribution in [0.1, 0.15) is 12.8 Å². The Kier molecular flexibility index (Phi) is 6.30. The largest absolute Gasteiger partial charge is 0.480 e. The maximum absolute atomic E-state index is 12.7. The Labute approximate surface area is 172 Å². The fourth-order valence-corrected chi connectivity index (χ4v) is 4.98. The molecule has 0 fully saturated rings. The number of guanidine groups is 1. The molecule has 1 atom stereocenters. The third kappa shape index (κ3) is 5.19. The predicted octanol–water partition coefficient (Wildman–Crippen LogP) is 1.73. The van der Waals surface area contributed by atoms with Crippen molar-refractivity contribution in [2.75, 3.05) is 6.54 Å². The van der Waals surface area contributed by atoms with Gasteiger partial charge in [0.2, 0.25) is 10.0 Å². The van der Waals surface area contributed by atoms with Crippen molar-refractivity contribution >= 4 is 33.7 Å². The van der Waals surface area contributed by atoms with Crippen LogP contribution in [0.5, 0.6) is 11.5 Å². The average Bonchev–Trinajstić information content (AvgIpc) is 2.67. The van der Waals surface area contributed by atoms with Gasteiger partial charge in [0, 0.05) is 6.54 Å². The van der Waals surface area contributed by atoms with Gasteiger partial charge in [-0.15, -0.1) is 0 Å². The number of nitrogens with two attached hydrogens (primary N) is 2. The minimum absolute atomic E-state index is 0.0396. The highest BCUT2D eigenvalue weighted by Gasteiger charge is 2.27. The maximum atomic E-state index is 12.7. The number of sulfonamides is 1. The Morgan fingerprint density at radius 3 is 2.62 bits per heavy atom. The lowest BCUT2D eigenvalue weighted by molar-refractivity contribution is -0.139. The summed E-state index contributed by atoms with van der Waals surface area (Å²) in [6.45, 7) is 0.208. The normalized spacial score (nSPS) is 13.5. The van der Waals surface area contributed by atoms with Crippen LogP contribution in [0.2, 0.25) is 0 Å². The van der Waals surface area contributed by atoms with Gasteiger partial charge in [-0.05, 0) is 43.2 Å². The number of nitrogens with zero attached hydrogens (tertiary/aromatic N) is 1. The number of aliphatic imine (C=N–C) groups is 1. The molecule has 0 spiro atoms. The summed E-state index contributed by atoms with van der Waals surface area (Å²) in [4.78, 5) is 16.7. The van der Waals surface area contributed by atoms with E-state index in [1.165, 1.54) is 23.9 Å². The van der Waals surface area contributed by atoms with E-state index < -0.39 is 22.0 Å². The number of benzene rings is 2. The number of hydrogen-bond acceptors (Lipinski definition) is 6. The maximum Gasteiger partial charge on any atom is 0.321 e. The van der Waals surface area contributed by atoms with E-state index in [0.29, 0.717) is 22.8 Å². The molecular formula is C18H20N4O5S2. The van der Waals surface area contributed by atoms with Crippen LogP contribution in [0.15, 0.2) is 62.1 Å². The lowest BCUT2D eigenvalue weighted by Gasteiger charge is -2.20. The summed E-state index contributed by atoms with van der Waals surface area (Å²) in [6.07, 6.45) is 0.351. The molecule has 1 heterocycles. The van der Waals surface area contributed by atoms with Gasteiger partial charge in [-0.3, -0.25) is 9.79 Å². The fraction of sp³-hybridized carbons (Fsp3) is 0.222. The first-order valence-corrected chi connectivity index (χ1v) is 11.0. The molecule has 0 saturated heterocycles. The molecule has 0 aliphatic carbocycles. The van der Waals surface area contributed by atoms with Crippen LogP contribution >= 0.6 is 11.8 Å². The van der Waals surface area contributed by atoms with Crippen molar-refractivity contribution < 1.29 is 23.1 Å². The number of fused-ring (bicyclic) bond motifs is 2. The van der Waals surface area contributed by atoms with E-state index >= 15 is 0 Å². The van der Waals surface area contributed by atoms with Crippen LogP contribution in [-0.2, 0) is 14.8 Å². The second kappa shape index (κ2) is 8.72. The molecule has 154 valence electrons. The SMILES string of the molecule is NC(N)=NCCC[C@H](NS(=O)(=O)c1ccc2c(c1)Sc1ccccc1O2)C(=O)O. The highest BCUT2D eigenvalue weighted by Crippen LogP contribution is 2.47. The summed E-state index contributed by atoms with van der Waals surface area (Å²) in [7, 11) is -4.05. The zero-order valence-electron chi connectivity index (χ0n) is 15.2. The van der Waals surface area contributed by atoms with Crippen molar-refractivity contribution in [1.82, 2.24) is 4.72 Å². The third-order valence-electron chi connectivity index (χ3n) is 4.06. The minimum atomic E-state index is -4.05. The number of carbonyl (C=O) groups is 1. The number of hydrogen-bond donors (Lipinski definition) is 4. The van der Waals surface area contributed by atoms with Crippen molar-refractivity contribution in [1.29, 1.82) is 0 Å². The molecule has 0 bridgehead atoms. The Bertz CT molecular complexity index is 1050. The number of para-hydroxylation sites is 1. The van der Waals surface area contributed by atoms with E-state index in [-0.39, 0.29) is 23.8 Å². The predicted molar refractivity (Wildman–Crippen MR) is 109 cm³/mol. The number of carboxylic acids is 1. The Hall–Kier alpha value is -2.76. The van der Waals surface area contributed by atoms with Gasteiger partial charge in [0.25, 0.3) is 0 Å². The molecule has 0 aromatic heterocycles. The molecule has 1 aliphatic heterocycles. The molecule has 0 radical (unpaired) electrons. The molecular weight excluding hydrogens is 416 g/mol. The standard InChI is InChI=1S/C18H20N4O5S2/c19-18(20)21-9-3-4-12(17(23)24)22-29(25,26)11-7-8-14-16(10-11)28-15-6-2-1-5-13(15)27-14/h1-2,5-8,10,12,22H,3-4,9H2,(H,23,24)(H4,19,20,21)/t12-/m0/s1. The number of carboxylic acid groups (broad SMARTS) is 1. The molecule has 1 aliphatic rings. The highest BCUT2D eigenvalue weighted by molar-refractivity contribution is 7.99. The Balaban J connectivity index is 1.75. The summed E-state index contributed by atoms with van der Waals surface area (Å²) < 4.78 is 33.5. The summed E-state index contributed by atoms with van der Waals surface area (Å²) >= 11 is 1.39. The molecule has 0 saturated carbocycles. The van der Waals surface area contributed by atoms with E-state index in [9.17, 15) is 18.3 Å². The Morgan fingerprint density at radius 1 is 1.17 bits per heavy atom. The number of ether oxygens (including phenoxy) is 1.